The van der Waals surface area contributed by atoms with Crippen molar-refractivity contribution < 1.29 is 0 Å². The van der Waals surface area contributed by atoms with Crippen LogP contribution in [0.4, 0.5) is 0 Å². The average Bonchev–Trinajstić information content (AvgIpc) is 2.16. The third-order valence-electron chi connectivity index (χ3n) is 1.82. The van der Waals surface area contributed by atoms with Gasteiger partial charge in [0.1, 0.15) is 6.07 Å². The van der Waals surface area contributed by atoms with Gasteiger partial charge in [-0.2, -0.15) is 5.26 Å². The summed E-state index contributed by atoms with van der Waals surface area (Å²) < 4.78 is 0.121. The summed E-state index contributed by atoms with van der Waals surface area (Å²) in [6, 6.07) is 8.05. The molecule has 1 aromatic carbocycles. The Labute approximate surface area is 95.5 Å². The normalized spacial score (nSPS) is 11.1. The van der Waals surface area contributed by atoms with Crippen LogP contribution in [0.15, 0.2) is 23.1 Å². The van der Waals surface area contributed by atoms with Crippen molar-refractivity contribution >= 4 is 11.8 Å². The third-order valence-corrected chi connectivity index (χ3v) is 3.00. The van der Waals surface area contributed by atoms with Crippen LogP contribution in [0.3, 0.4) is 0 Å². The molecule has 0 saturated carbocycles. The average molecular weight is 220 g/mol. The minimum Gasteiger partial charge on any atom is -0.326 e. The second-order valence-electron chi connectivity index (χ2n) is 4.36. The van der Waals surface area contributed by atoms with Crippen LogP contribution < -0.4 is 5.73 Å². The first-order valence-electron chi connectivity index (χ1n) is 4.88. The topological polar surface area (TPSA) is 49.8 Å². The zero-order valence-corrected chi connectivity index (χ0v) is 10.2. The molecule has 1 rings (SSSR count). The van der Waals surface area contributed by atoms with E-state index in [0.29, 0.717) is 6.54 Å². The number of nitrogens with zero attached hydrogens (tertiary/aromatic N) is 1. The molecule has 0 saturated heterocycles. The number of rotatable bonds is 2. The summed E-state index contributed by atoms with van der Waals surface area (Å²) in [5.74, 6) is 0. The largest absolute Gasteiger partial charge is 0.326 e. The molecule has 0 aliphatic heterocycles. The predicted molar refractivity (Wildman–Crippen MR) is 64.7 cm³/mol. The molecule has 80 valence electrons. The first-order chi connectivity index (χ1) is 6.96. The van der Waals surface area contributed by atoms with Gasteiger partial charge < -0.3 is 5.73 Å². The fourth-order valence-corrected chi connectivity index (χ4v) is 2.22. The van der Waals surface area contributed by atoms with E-state index in [1.807, 2.05) is 18.2 Å². The van der Waals surface area contributed by atoms with Crippen LogP contribution in [0.1, 0.15) is 31.9 Å². The summed E-state index contributed by atoms with van der Waals surface area (Å²) in [5, 5.41) is 9.03. The molecule has 0 aliphatic rings. The van der Waals surface area contributed by atoms with E-state index in [1.54, 1.807) is 11.8 Å². The Kier molecular flexibility index (Phi) is 3.78. The maximum atomic E-state index is 9.03. The molecule has 0 fully saturated rings. The molecule has 0 spiro atoms. The predicted octanol–water partition coefficient (Wildman–Crippen LogP) is 2.91. The number of nitriles is 1. The van der Waals surface area contributed by atoms with Crippen molar-refractivity contribution in [2.75, 3.05) is 0 Å². The molecule has 0 radical (unpaired) electrons. The number of nitrogens with two attached hydrogens (primary N) is 1. The van der Waals surface area contributed by atoms with Gasteiger partial charge in [-0.25, -0.2) is 0 Å². The van der Waals surface area contributed by atoms with Crippen LogP contribution in [0.25, 0.3) is 0 Å². The molecule has 2 nitrogen and oxygen atoms in total. The molecule has 0 unspecified atom stereocenters. The fourth-order valence-electron chi connectivity index (χ4n) is 1.21. The number of hydrogen-bond donors (Lipinski definition) is 1. The lowest BCUT2D eigenvalue weighted by molar-refractivity contribution is 0.802. The lowest BCUT2D eigenvalue weighted by Gasteiger charge is -2.18. The quantitative estimate of drug-likeness (QED) is 0.780. The molecule has 1 aromatic rings. The van der Waals surface area contributed by atoms with Crippen LogP contribution in [0.5, 0.6) is 0 Å². The van der Waals surface area contributed by atoms with E-state index in [0.717, 1.165) is 16.0 Å². The Hall–Kier alpha value is -0.980. The second-order valence-corrected chi connectivity index (χ2v) is 6.23. The summed E-state index contributed by atoms with van der Waals surface area (Å²) in [5.41, 5.74) is 7.26. The molecule has 2 N–H and O–H groups in total. The van der Waals surface area contributed by atoms with Crippen molar-refractivity contribution in [1.29, 1.82) is 5.26 Å². The summed E-state index contributed by atoms with van der Waals surface area (Å²) in [7, 11) is 0. The summed E-state index contributed by atoms with van der Waals surface area (Å²) in [6.07, 6.45) is 0. The molecular weight excluding hydrogens is 204 g/mol. The Balaban J connectivity index is 3.04. The van der Waals surface area contributed by atoms with E-state index in [1.165, 1.54) is 0 Å². The van der Waals surface area contributed by atoms with E-state index in [9.17, 15) is 0 Å². The van der Waals surface area contributed by atoms with Gasteiger partial charge in [0.15, 0.2) is 0 Å². The van der Waals surface area contributed by atoms with Crippen molar-refractivity contribution in [2.24, 2.45) is 5.73 Å². The first-order valence-corrected chi connectivity index (χ1v) is 5.70. The van der Waals surface area contributed by atoms with Gasteiger partial charge in [-0.05, 0) is 17.7 Å². The van der Waals surface area contributed by atoms with Gasteiger partial charge in [-0.1, -0.05) is 26.8 Å². The smallest absolute Gasteiger partial charge is 0.100 e. The Morgan fingerprint density at radius 1 is 1.40 bits per heavy atom. The molecular formula is C12H16N2S. The maximum Gasteiger partial charge on any atom is 0.100 e. The number of benzene rings is 1. The molecule has 0 aromatic heterocycles. The van der Waals surface area contributed by atoms with Gasteiger partial charge in [-0.3, -0.25) is 0 Å². The van der Waals surface area contributed by atoms with E-state index in [-0.39, 0.29) is 4.75 Å². The molecule has 0 amide bonds. The van der Waals surface area contributed by atoms with Crippen LogP contribution in [-0.2, 0) is 6.54 Å². The SMILES string of the molecule is CC(C)(C)Sc1ccc(CN)cc1C#N. The Bertz CT molecular complexity index is 386. The van der Waals surface area contributed by atoms with Crippen molar-refractivity contribution in [3.05, 3.63) is 29.3 Å². The van der Waals surface area contributed by atoms with Crippen molar-refractivity contribution in [3.8, 4) is 6.07 Å². The van der Waals surface area contributed by atoms with E-state index in [2.05, 4.69) is 26.8 Å². The van der Waals surface area contributed by atoms with Gasteiger partial charge in [0.2, 0.25) is 0 Å². The molecule has 0 atom stereocenters. The van der Waals surface area contributed by atoms with E-state index < -0.39 is 0 Å². The zero-order valence-electron chi connectivity index (χ0n) is 9.37. The van der Waals surface area contributed by atoms with Gasteiger partial charge in [0.25, 0.3) is 0 Å². The Morgan fingerprint density at radius 2 is 2.07 bits per heavy atom. The third kappa shape index (κ3) is 3.58. The standard InChI is InChI=1S/C12H16N2S/c1-12(2,3)15-11-5-4-9(7-13)6-10(11)8-14/h4-6H,7,13H2,1-3H3. The van der Waals surface area contributed by atoms with Crippen molar-refractivity contribution in [2.45, 2.75) is 37.0 Å². The fraction of sp³-hybridized carbons (Fsp3) is 0.417. The van der Waals surface area contributed by atoms with Gasteiger partial charge in [0.05, 0.1) is 5.56 Å². The monoisotopic (exact) mass is 220 g/mol. The molecule has 0 heterocycles. The molecule has 0 bridgehead atoms. The highest BCUT2D eigenvalue weighted by Gasteiger charge is 2.14. The maximum absolute atomic E-state index is 9.03. The highest BCUT2D eigenvalue weighted by atomic mass is 32.2. The van der Waals surface area contributed by atoms with Crippen molar-refractivity contribution in [3.63, 3.8) is 0 Å². The summed E-state index contributed by atoms with van der Waals surface area (Å²) in [6.45, 7) is 6.89. The van der Waals surface area contributed by atoms with E-state index in [4.69, 9.17) is 11.0 Å². The first kappa shape index (κ1) is 12.1. The van der Waals surface area contributed by atoms with Crippen LogP contribution >= 0.6 is 11.8 Å². The summed E-state index contributed by atoms with van der Waals surface area (Å²) >= 11 is 1.71. The summed E-state index contributed by atoms with van der Waals surface area (Å²) in [4.78, 5) is 1.03. The number of hydrogen-bond acceptors (Lipinski definition) is 3. The highest BCUT2D eigenvalue weighted by Crippen LogP contribution is 2.34. The minimum atomic E-state index is 0.121. The number of thioether (sulfide) groups is 1. The van der Waals surface area contributed by atoms with Crippen molar-refractivity contribution in [1.82, 2.24) is 0 Å². The molecule has 0 aliphatic carbocycles. The van der Waals surface area contributed by atoms with Gasteiger partial charge >= 0.3 is 0 Å². The second kappa shape index (κ2) is 4.69. The van der Waals surface area contributed by atoms with Crippen LogP contribution in [-0.4, -0.2) is 4.75 Å². The minimum absolute atomic E-state index is 0.121. The molecule has 3 heteroatoms. The zero-order chi connectivity index (χ0) is 11.5. The molecule has 15 heavy (non-hydrogen) atoms. The van der Waals surface area contributed by atoms with E-state index >= 15 is 0 Å². The lowest BCUT2D eigenvalue weighted by atomic mass is 10.1. The lowest BCUT2D eigenvalue weighted by Crippen LogP contribution is -2.07. The van der Waals surface area contributed by atoms with Gasteiger partial charge in [-0.15, -0.1) is 11.8 Å². The highest BCUT2D eigenvalue weighted by molar-refractivity contribution is 8.00. The van der Waals surface area contributed by atoms with Crippen LogP contribution in [0.2, 0.25) is 0 Å². The Morgan fingerprint density at radius 3 is 2.53 bits per heavy atom. The van der Waals surface area contributed by atoms with Crippen LogP contribution in [0, 0.1) is 11.3 Å². The van der Waals surface area contributed by atoms with Gasteiger partial charge in [0, 0.05) is 16.2 Å².